The Labute approximate surface area is 329 Å². The minimum atomic E-state index is -4.91. The average molecular weight is 822 g/mol. The number of carbonyl (C=O) groups is 4. The van der Waals surface area contributed by atoms with Gasteiger partial charge >= 0.3 is 12.3 Å². The molecule has 1 saturated heterocycles. The number of pyridine rings is 1. The van der Waals surface area contributed by atoms with Gasteiger partial charge in [0.2, 0.25) is 33.3 Å². The predicted molar refractivity (Wildman–Crippen MR) is 201 cm³/mol. The van der Waals surface area contributed by atoms with Crippen molar-refractivity contribution >= 4 is 44.6 Å². The highest BCUT2D eigenvalue weighted by molar-refractivity contribution is 7.91. The van der Waals surface area contributed by atoms with Crippen LogP contribution in [0.1, 0.15) is 79.6 Å². The van der Waals surface area contributed by atoms with E-state index in [2.05, 4.69) is 20.3 Å². The van der Waals surface area contributed by atoms with E-state index in [-0.39, 0.29) is 31.2 Å². The number of carbonyl (C=O) groups excluding carboxylic acids is 4. The fourth-order valence-electron chi connectivity index (χ4n) is 7.62. The van der Waals surface area contributed by atoms with Crippen LogP contribution in [0, 0.1) is 17.8 Å². The third-order valence-electron chi connectivity index (χ3n) is 11.8. The van der Waals surface area contributed by atoms with E-state index in [1.807, 2.05) is 13.0 Å². The van der Waals surface area contributed by atoms with E-state index in [1.165, 1.54) is 25.1 Å². The molecule has 14 nitrogen and oxygen atoms in total. The monoisotopic (exact) mass is 821 g/mol. The maximum absolute atomic E-state index is 14.7. The summed E-state index contributed by atoms with van der Waals surface area (Å²) >= 11 is 0. The molecule has 312 valence electrons. The molecule has 1 aromatic heterocycles. The Morgan fingerprint density at radius 2 is 1.79 bits per heavy atom. The molecular weight excluding hydrogens is 772 g/mol. The van der Waals surface area contributed by atoms with Crippen molar-refractivity contribution in [2.24, 2.45) is 17.8 Å². The number of halogens is 3. The largest absolute Gasteiger partial charge is 0.496 e. The summed E-state index contributed by atoms with van der Waals surface area (Å²) in [6.07, 6.45) is 0.185. The van der Waals surface area contributed by atoms with Crippen molar-refractivity contribution in [1.29, 1.82) is 0 Å². The molecule has 2 aromatic rings. The second kappa shape index (κ2) is 15.3. The van der Waals surface area contributed by atoms with Gasteiger partial charge in [-0.25, -0.2) is 18.2 Å². The molecule has 3 N–H and O–H groups in total. The van der Waals surface area contributed by atoms with Crippen LogP contribution in [0.2, 0.25) is 0 Å². The molecule has 2 aliphatic heterocycles. The van der Waals surface area contributed by atoms with Crippen molar-refractivity contribution in [2.45, 2.75) is 120 Å². The summed E-state index contributed by atoms with van der Waals surface area (Å²) in [5, 5.41) is 6.45. The lowest BCUT2D eigenvalue weighted by Gasteiger charge is -2.34. The first kappa shape index (κ1) is 42.0. The number of hydrogen-bond donors (Lipinski definition) is 3. The number of aromatic nitrogens is 1. The van der Waals surface area contributed by atoms with Crippen LogP contribution in [0.5, 0.6) is 11.6 Å². The van der Waals surface area contributed by atoms with Crippen molar-refractivity contribution in [1.82, 2.24) is 25.2 Å². The molecule has 7 atom stereocenters. The molecule has 0 radical (unpaired) electrons. The SMILES string of the molecule is COc1cccc2c(O[C@@H]3C[C@H]4C(=O)N[C@]5(C(=O)NS(=O)(=O)C6(C)CC6)CC5/C=C\CC[C@@H](C)C[C@@H](C)[C@H](NC(=O)OC(C)(C)C(F)(F)F)C(=O)N4C3)nccc12. The van der Waals surface area contributed by atoms with Crippen LogP contribution in [0.3, 0.4) is 0 Å². The van der Waals surface area contributed by atoms with Crippen molar-refractivity contribution in [3.63, 3.8) is 0 Å². The number of sulfonamides is 1. The minimum Gasteiger partial charge on any atom is -0.496 e. The number of hydrogen-bond acceptors (Lipinski definition) is 10. The van der Waals surface area contributed by atoms with Crippen molar-refractivity contribution in [3.8, 4) is 11.6 Å². The van der Waals surface area contributed by atoms with E-state index < -0.39 is 85.9 Å². The standard InChI is InChI=1S/C39H50F3N5O9S/c1-22-10-7-8-11-24-20-38(24,34(50)46-57(52,53)37(5)15-16-37)45-31(48)28-19-25(55-32-27-12-9-13-29(54-6)26(27)14-17-43-32)21-47(28)33(49)30(23(2)18-22)44-35(51)56-36(3,4)39(40,41)42/h8-9,11-14,17,22-25,28,30H,7,10,15-16,18-21H2,1-6H3,(H,44,51)(H,45,48)(H,46,50)/b11-8-/t22-,23-,24?,25-,28+,30+,38-/m1/s1. The molecule has 1 unspecified atom stereocenters. The van der Waals surface area contributed by atoms with Gasteiger partial charge in [0.15, 0.2) is 0 Å². The highest BCUT2D eigenvalue weighted by Crippen LogP contribution is 2.48. The summed E-state index contributed by atoms with van der Waals surface area (Å²) in [6.45, 7) is 6.33. The number of alkyl carbamates (subject to hydrolysis) is 1. The van der Waals surface area contributed by atoms with Gasteiger partial charge in [-0.05, 0) is 89.3 Å². The van der Waals surface area contributed by atoms with E-state index in [1.54, 1.807) is 37.3 Å². The van der Waals surface area contributed by atoms with E-state index >= 15 is 0 Å². The van der Waals surface area contributed by atoms with Gasteiger partial charge in [0, 0.05) is 29.3 Å². The summed E-state index contributed by atoms with van der Waals surface area (Å²) in [5.74, 6) is -2.93. The molecule has 2 saturated carbocycles. The van der Waals surface area contributed by atoms with Crippen molar-refractivity contribution < 1.29 is 55.0 Å². The highest BCUT2D eigenvalue weighted by atomic mass is 32.2. The Kier molecular flexibility index (Phi) is 11.3. The maximum atomic E-state index is 14.7. The number of nitrogens with one attached hydrogen (secondary N) is 3. The van der Waals surface area contributed by atoms with Crippen LogP contribution < -0.4 is 24.8 Å². The van der Waals surface area contributed by atoms with Gasteiger partial charge in [0.05, 0.1) is 18.4 Å². The number of fused-ring (bicyclic) bond motifs is 3. The van der Waals surface area contributed by atoms with Gasteiger partial charge in [0.1, 0.15) is 29.5 Å². The number of alkyl halides is 3. The molecule has 1 aromatic carbocycles. The summed E-state index contributed by atoms with van der Waals surface area (Å²) < 4.78 is 85.2. The molecular formula is C39H50F3N5O9S. The molecule has 6 rings (SSSR count). The lowest BCUT2D eigenvalue weighted by Crippen LogP contribution is -2.59. The molecule has 2 aliphatic carbocycles. The number of ether oxygens (including phenoxy) is 3. The first-order chi connectivity index (χ1) is 26.6. The Bertz CT molecular complexity index is 2060. The lowest BCUT2D eigenvalue weighted by atomic mass is 9.88. The molecule has 0 bridgehead atoms. The minimum absolute atomic E-state index is 0.0363. The van der Waals surface area contributed by atoms with Crippen LogP contribution in [0.25, 0.3) is 10.8 Å². The quantitative estimate of drug-likeness (QED) is 0.310. The van der Waals surface area contributed by atoms with Gasteiger partial charge in [0.25, 0.3) is 5.91 Å². The molecule has 0 spiro atoms. The van der Waals surface area contributed by atoms with Gasteiger partial charge in [-0.1, -0.05) is 32.1 Å². The number of rotatable bonds is 8. The predicted octanol–water partition coefficient (Wildman–Crippen LogP) is 4.91. The van der Waals surface area contributed by atoms with Crippen LogP contribution in [-0.4, -0.2) is 96.0 Å². The zero-order chi connectivity index (χ0) is 41.7. The second-order valence-corrected chi connectivity index (χ2v) is 18.8. The maximum Gasteiger partial charge on any atom is 0.427 e. The first-order valence-electron chi connectivity index (χ1n) is 19.1. The van der Waals surface area contributed by atoms with Crippen molar-refractivity contribution in [2.75, 3.05) is 13.7 Å². The molecule has 57 heavy (non-hydrogen) atoms. The normalized spacial score (nSPS) is 29.7. The summed E-state index contributed by atoms with van der Waals surface area (Å²) in [4.78, 5) is 61.8. The van der Waals surface area contributed by atoms with E-state index in [0.29, 0.717) is 62.5 Å². The van der Waals surface area contributed by atoms with Gasteiger partial charge in [-0.3, -0.25) is 19.1 Å². The van der Waals surface area contributed by atoms with Crippen LogP contribution in [0.4, 0.5) is 18.0 Å². The van der Waals surface area contributed by atoms with Crippen LogP contribution >= 0.6 is 0 Å². The van der Waals surface area contributed by atoms with E-state index in [4.69, 9.17) is 14.2 Å². The number of methoxy groups -OCH3 is 1. The summed E-state index contributed by atoms with van der Waals surface area (Å²) in [6, 6.07) is 4.26. The molecule has 3 heterocycles. The van der Waals surface area contributed by atoms with E-state index in [9.17, 15) is 40.8 Å². The zero-order valence-electron chi connectivity index (χ0n) is 32.8. The highest BCUT2D eigenvalue weighted by Gasteiger charge is 2.63. The molecule has 3 fully saturated rings. The van der Waals surface area contributed by atoms with Gasteiger partial charge in [-0.2, -0.15) is 13.2 Å². The Morgan fingerprint density at radius 3 is 2.46 bits per heavy atom. The smallest absolute Gasteiger partial charge is 0.427 e. The molecule has 4 amide bonds. The number of amides is 4. The van der Waals surface area contributed by atoms with Crippen molar-refractivity contribution in [3.05, 3.63) is 42.6 Å². The first-order valence-corrected chi connectivity index (χ1v) is 20.6. The van der Waals surface area contributed by atoms with Gasteiger partial charge < -0.3 is 29.7 Å². The fraction of sp³-hybridized carbons (Fsp3) is 0.615. The number of benzene rings is 1. The Balaban J connectivity index is 1.36. The van der Waals surface area contributed by atoms with E-state index in [0.717, 1.165) is 0 Å². The third-order valence-corrected chi connectivity index (χ3v) is 13.9. The number of allylic oxidation sites excluding steroid dienone is 1. The van der Waals surface area contributed by atoms with Gasteiger partial charge in [-0.15, -0.1) is 0 Å². The number of nitrogens with zero attached hydrogens (tertiary/aromatic N) is 2. The lowest BCUT2D eigenvalue weighted by molar-refractivity contribution is -0.244. The zero-order valence-corrected chi connectivity index (χ0v) is 33.6. The summed E-state index contributed by atoms with van der Waals surface area (Å²) in [7, 11) is -2.56. The van der Waals surface area contributed by atoms with Crippen LogP contribution in [0.15, 0.2) is 42.6 Å². The second-order valence-electron chi connectivity index (χ2n) is 16.7. The third kappa shape index (κ3) is 8.51. The Morgan fingerprint density at radius 1 is 1.07 bits per heavy atom. The van der Waals surface area contributed by atoms with Crippen LogP contribution in [-0.2, 0) is 29.1 Å². The Hall–Kier alpha value is -4.61. The summed E-state index contributed by atoms with van der Waals surface area (Å²) in [5.41, 5.74) is -4.52. The fourth-order valence-corrected chi connectivity index (χ4v) is 8.94. The molecule has 4 aliphatic rings. The average Bonchev–Trinajstić information content (AvgIpc) is 4.01. The molecule has 18 heteroatoms. The topological polar surface area (TPSA) is 182 Å².